The SMILES string of the molecule is O=C(C[P+](c1ccccc1)(c1ccccc1)c1ccccc1)c1c2cc3ccccc3cc2cc2cc3ccccc3cc12. The van der Waals surface area contributed by atoms with Crippen LogP contribution in [0.4, 0.5) is 0 Å². The predicted octanol–water partition coefficient (Wildman–Crippen LogP) is 9.48. The van der Waals surface area contributed by atoms with Gasteiger partial charge in [-0.15, -0.1) is 0 Å². The smallest absolute Gasteiger partial charge is 0.202 e. The van der Waals surface area contributed by atoms with Crippen molar-refractivity contribution in [3.8, 4) is 0 Å². The van der Waals surface area contributed by atoms with Gasteiger partial charge in [0.1, 0.15) is 29.3 Å². The van der Waals surface area contributed by atoms with Gasteiger partial charge in [-0.05, 0) is 110 Å². The second-order valence-corrected chi connectivity index (χ2v) is 15.0. The van der Waals surface area contributed by atoms with Crippen molar-refractivity contribution in [2.75, 3.05) is 6.16 Å². The van der Waals surface area contributed by atoms with E-state index in [4.69, 9.17) is 0 Å². The van der Waals surface area contributed by atoms with Gasteiger partial charge in [0, 0.05) is 5.56 Å². The molecule has 44 heavy (non-hydrogen) atoms. The van der Waals surface area contributed by atoms with Gasteiger partial charge in [0.15, 0.2) is 0 Å². The lowest BCUT2D eigenvalue weighted by Gasteiger charge is -2.27. The van der Waals surface area contributed by atoms with Crippen molar-refractivity contribution < 1.29 is 4.79 Å². The van der Waals surface area contributed by atoms with Crippen LogP contribution in [-0.2, 0) is 0 Å². The molecule has 0 aliphatic heterocycles. The zero-order chi connectivity index (χ0) is 29.5. The van der Waals surface area contributed by atoms with E-state index in [2.05, 4.69) is 170 Å². The molecule has 8 aromatic rings. The van der Waals surface area contributed by atoms with Crippen molar-refractivity contribution in [3.63, 3.8) is 0 Å². The Balaban J connectivity index is 1.44. The van der Waals surface area contributed by atoms with Crippen LogP contribution >= 0.6 is 7.26 Å². The van der Waals surface area contributed by atoms with Crippen LogP contribution < -0.4 is 15.9 Å². The third-order valence-corrected chi connectivity index (χ3v) is 13.2. The minimum atomic E-state index is -2.38. The monoisotopic (exact) mass is 581 g/mol. The second kappa shape index (κ2) is 10.9. The van der Waals surface area contributed by atoms with Gasteiger partial charge in [0.25, 0.3) is 0 Å². The van der Waals surface area contributed by atoms with E-state index >= 15 is 4.79 Å². The molecule has 0 bridgehead atoms. The van der Waals surface area contributed by atoms with Gasteiger partial charge in [-0.3, -0.25) is 4.79 Å². The molecule has 0 atom stereocenters. The maximum absolute atomic E-state index is 15.3. The molecule has 0 fully saturated rings. The normalized spacial score (nSPS) is 11.8. The fourth-order valence-electron chi connectivity index (χ4n) is 6.86. The first-order valence-electron chi connectivity index (χ1n) is 15.1. The van der Waals surface area contributed by atoms with E-state index in [1.807, 2.05) is 0 Å². The van der Waals surface area contributed by atoms with Crippen LogP contribution in [0, 0.1) is 0 Å². The summed E-state index contributed by atoms with van der Waals surface area (Å²) in [5, 5.41) is 12.5. The van der Waals surface area contributed by atoms with Crippen LogP contribution in [0.5, 0.6) is 0 Å². The Morgan fingerprint density at radius 2 is 0.705 bits per heavy atom. The van der Waals surface area contributed by atoms with Crippen molar-refractivity contribution in [2.24, 2.45) is 0 Å². The second-order valence-electron chi connectivity index (χ2n) is 11.5. The lowest BCUT2D eigenvalue weighted by molar-refractivity contribution is 0.102. The zero-order valence-corrected chi connectivity index (χ0v) is 25.1. The molecule has 2 heteroatoms. The van der Waals surface area contributed by atoms with Gasteiger partial charge in [0.2, 0.25) is 5.78 Å². The summed E-state index contributed by atoms with van der Waals surface area (Å²) in [5.41, 5.74) is 0.821. The quantitative estimate of drug-likeness (QED) is 0.109. The molecule has 0 spiro atoms. The van der Waals surface area contributed by atoms with Crippen LogP contribution in [-0.4, -0.2) is 11.9 Å². The molecule has 8 rings (SSSR count). The standard InChI is InChI=1S/C42H30OP/c43-41(29-44(36-18-4-1-5-19-36,37-20-6-2-7-21-37)38-22-8-3-9-23-38)42-39-27-32-16-12-10-14-30(32)24-34(39)26-35-25-31-15-11-13-17-33(31)28-40(35)42/h1-28H,29H2/q+1. The summed E-state index contributed by atoms with van der Waals surface area (Å²) >= 11 is 0. The molecule has 0 radical (unpaired) electrons. The first-order chi connectivity index (χ1) is 21.7. The molecule has 208 valence electrons. The highest BCUT2D eigenvalue weighted by atomic mass is 31.2. The number of rotatable bonds is 6. The fraction of sp³-hybridized carbons (Fsp3) is 0.0238. The summed E-state index contributed by atoms with van der Waals surface area (Å²) in [4.78, 5) is 15.3. The molecule has 0 heterocycles. The van der Waals surface area contributed by atoms with Gasteiger partial charge in [-0.1, -0.05) is 103 Å². The highest BCUT2D eigenvalue weighted by Gasteiger charge is 2.47. The van der Waals surface area contributed by atoms with E-state index in [0.717, 1.165) is 37.9 Å². The Kier molecular flexibility index (Phi) is 6.55. The minimum Gasteiger partial charge on any atom is -0.290 e. The van der Waals surface area contributed by atoms with Gasteiger partial charge in [0.05, 0.1) is 0 Å². The van der Waals surface area contributed by atoms with Crippen LogP contribution in [0.2, 0.25) is 0 Å². The highest BCUT2D eigenvalue weighted by molar-refractivity contribution is 7.96. The molecular formula is C42H30OP+. The summed E-state index contributed by atoms with van der Waals surface area (Å²) < 4.78 is 0. The molecule has 0 saturated heterocycles. The number of carbonyl (C=O) groups excluding carboxylic acids is 1. The summed E-state index contributed by atoms with van der Waals surface area (Å²) in [7, 11) is -2.38. The van der Waals surface area contributed by atoms with Crippen LogP contribution in [0.25, 0.3) is 43.1 Å². The molecule has 0 amide bonds. The van der Waals surface area contributed by atoms with Gasteiger partial charge in [-0.2, -0.15) is 0 Å². The Labute approximate surface area is 257 Å². The molecular weight excluding hydrogens is 551 g/mol. The molecule has 0 saturated carbocycles. The molecule has 1 nitrogen and oxygen atoms in total. The number of fused-ring (bicyclic) bond motifs is 4. The zero-order valence-electron chi connectivity index (χ0n) is 24.2. The Hall–Kier alpha value is -5.10. The number of hydrogen-bond donors (Lipinski definition) is 0. The Bertz CT molecular complexity index is 2120. The third kappa shape index (κ3) is 4.41. The summed E-state index contributed by atoms with van der Waals surface area (Å²) in [6.45, 7) is 0. The number of benzene rings is 8. The summed E-state index contributed by atoms with van der Waals surface area (Å²) in [6.07, 6.45) is 0.402. The van der Waals surface area contributed by atoms with Crippen LogP contribution in [0.3, 0.4) is 0 Å². The molecule has 0 aliphatic rings. The van der Waals surface area contributed by atoms with Crippen molar-refractivity contribution in [2.45, 2.75) is 0 Å². The van der Waals surface area contributed by atoms with E-state index in [9.17, 15) is 0 Å². The van der Waals surface area contributed by atoms with E-state index < -0.39 is 7.26 Å². The molecule has 0 unspecified atom stereocenters. The summed E-state index contributed by atoms with van der Waals surface area (Å²) in [6, 6.07) is 60.1. The van der Waals surface area contributed by atoms with Crippen molar-refractivity contribution in [1.29, 1.82) is 0 Å². The van der Waals surface area contributed by atoms with E-state index in [-0.39, 0.29) is 5.78 Å². The number of carbonyl (C=O) groups is 1. The Morgan fingerprint density at radius 1 is 0.386 bits per heavy atom. The summed E-state index contributed by atoms with van der Waals surface area (Å²) in [5.74, 6) is 0.177. The topological polar surface area (TPSA) is 17.1 Å². The first-order valence-corrected chi connectivity index (χ1v) is 17.0. The minimum absolute atomic E-state index is 0.177. The first kappa shape index (κ1) is 26.5. The van der Waals surface area contributed by atoms with E-state index in [0.29, 0.717) is 6.16 Å². The molecule has 0 N–H and O–H groups in total. The number of ketones is 1. The van der Waals surface area contributed by atoms with Gasteiger partial charge < -0.3 is 0 Å². The molecule has 8 aromatic carbocycles. The van der Waals surface area contributed by atoms with Gasteiger partial charge in [-0.25, -0.2) is 0 Å². The van der Waals surface area contributed by atoms with E-state index in [1.54, 1.807) is 0 Å². The number of hydrogen-bond acceptors (Lipinski definition) is 1. The predicted molar refractivity (Wildman–Crippen MR) is 191 cm³/mol. The molecule has 0 aliphatic carbocycles. The fourth-order valence-corrected chi connectivity index (χ4v) is 10.9. The lowest BCUT2D eigenvalue weighted by atomic mass is 9.91. The average molecular weight is 582 g/mol. The largest absolute Gasteiger partial charge is 0.290 e. The molecule has 0 aromatic heterocycles. The van der Waals surface area contributed by atoms with Gasteiger partial charge >= 0.3 is 0 Å². The maximum Gasteiger partial charge on any atom is 0.202 e. The third-order valence-electron chi connectivity index (χ3n) is 8.94. The van der Waals surface area contributed by atoms with Crippen molar-refractivity contribution >= 4 is 72.0 Å². The number of Topliss-reactive ketones (excluding diaryl/α,β-unsaturated/α-hetero) is 1. The highest BCUT2D eigenvalue weighted by Crippen LogP contribution is 2.56. The van der Waals surface area contributed by atoms with Crippen LogP contribution in [0.1, 0.15) is 10.4 Å². The van der Waals surface area contributed by atoms with Crippen molar-refractivity contribution in [3.05, 3.63) is 175 Å². The van der Waals surface area contributed by atoms with Crippen LogP contribution in [0.15, 0.2) is 170 Å². The maximum atomic E-state index is 15.3. The van der Waals surface area contributed by atoms with E-state index in [1.165, 1.54) is 26.7 Å². The Morgan fingerprint density at radius 3 is 1.09 bits per heavy atom. The van der Waals surface area contributed by atoms with Crippen molar-refractivity contribution in [1.82, 2.24) is 0 Å². The lowest BCUT2D eigenvalue weighted by Crippen LogP contribution is -2.35. The average Bonchev–Trinajstić information content (AvgIpc) is 3.09.